The van der Waals surface area contributed by atoms with Gasteiger partial charge >= 0.3 is 0 Å². The predicted octanol–water partition coefficient (Wildman–Crippen LogP) is 4.70. The summed E-state index contributed by atoms with van der Waals surface area (Å²) in [5.41, 5.74) is 5.77. The van der Waals surface area contributed by atoms with Crippen LogP contribution in [0.2, 0.25) is 0 Å². The van der Waals surface area contributed by atoms with Crippen molar-refractivity contribution >= 4 is 28.7 Å². The zero-order chi connectivity index (χ0) is 19.0. The summed E-state index contributed by atoms with van der Waals surface area (Å²) in [6, 6.07) is 19.8. The molecule has 1 amide bonds. The molecule has 132 valence electrons. The smallest absolute Gasteiger partial charge is 0.270 e. The fraction of sp³-hybridized carbons (Fsp3) is 0.0476. The molecule has 3 aromatic carbocycles. The minimum Gasteiger partial charge on any atom is -0.326 e. The molecule has 6 heteroatoms. The largest absolute Gasteiger partial charge is 0.326 e. The van der Waals surface area contributed by atoms with Gasteiger partial charge in [-0.25, -0.2) is 4.99 Å². The lowest BCUT2D eigenvalue weighted by molar-refractivity contribution is -0.384. The van der Waals surface area contributed by atoms with Crippen LogP contribution in [-0.4, -0.2) is 16.5 Å². The molecule has 0 unspecified atom stereocenters. The lowest BCUT2D eigenvalue weighted by Gasteiger charge is -2.04. The first-order valence-electron chi connectivity index (χ1n) is 8.38. The molecule has 0 fully saturated rings. The zero-order valence-electron chi connectivity index (χ0n) is 14.5. The molecule has 4 rings (SSSR count). The number of hydrogen-bond acceptors (Lipinski definition) is 4. The summed E-state index contributed by atoms with van der Waals surface area (Å²) in [4.78, 5) is 26.7. The van der Waals surface area contributed by atoms with Gasteiger partial charge in [-0.05, 0) is 41.5 Å². The Kier molecular flexibility index (Phi) is 4.01. The Morgan fingerprint density at radius 3 is 2.26 bits per heavy atom. The molecular formula is C21H15N3O3. The molecule has 0 saturated heterocycles. The molecule has 3 aromatic rings. The van der Waals surface area contributed by atoms with Crippen molar-refractivity contribution in [3.05, 3.63) is 88.0 Å². The molecule has 0 aliphatic heterocycles. The van der Waals surface area contributed by atoms with Crippen LogP contribution in [-0.2, 0) is 4.79 Å². The fourth-order valence-electron chi connectivity index (χ4n) is 3.22. The van der Waals surface area contributed by atoms with Crippen LogP contribution >= 0.6 is 0 Å². The summed E-state index contributed by atoms with van der Waals surface area (Å²) in [7, 11) is 0. The Labute approximate surface area is 155 Å². The number of carbonyl (C=O) groups is 1. The number of fused-ring (bicyclic) bond motifs is 3. The second-order valence-corrected chi connectivity index (χ2v) is 6.22. The number of carbonyl (C=O) groups excluding carboxylic acids is 1. The van der Waals surface area contributed by atoms with E-state index in [0.29, 0.717) is 17.1 Å². The maximum absolute atomic E-state index is 11.2. The summed E-state index contributed by atoms with van der Waals surface area (Å²) in [6.45, 7) is 1.45. The molecule has 0 spiro atoms. The van der Waals surface area contributed by atoms with E-state index in [9.17, 15) is 14.9 Å². The van der Waals surface area contributed by atoms with Crippen molar-refractivity contribution in [2.45, 2.75) is 6.92 Å². The van der Waals surface area contributed by atoms with Crippen LogP contribution in [0.5, 0.6) is 0 Å². The van der Waals surface area contributed by atoms with Gasteiger partial charge in [-0.2, -0.15) is 0 Å². The monoisotopic (exact) mass is 357 g/mol. The Balaban J connectivity index is 1.82. The van der Waals surface area contributed by atoms with Crippen LogP contribution in [0.15, 0.2) is 71.7 Å². The van der Waals surface area contributed by atoms with E-state index in [4.69, 9.17) is 4.99 Å². The van der Waals surface area contributed by atoms with E-state index in [1.54, 1.807) is 36.4 Å². The van der Waals surface area contributed by atoms with Crippen LogP contribution in [0.3, 0.4) is 0 Å². The van der Waals surface area contributed by atoms with Gasteiger partial charge in [0.15, 0.2) is 0 Å². The van der Waals surface area contributed by atoms with Crippen LogP contribution in [0.1, 0.15) is 18.1 Å². The second-order valence-electron chi connectivity index (χ2n) is 6.22. The van der Waals surface area contributed by atoms with Crippen molar-refractivity contribution in [3.63, 3.8) is 0 Å². The molecule has 0 saturated carbocycles. The average molecular weight is 357 g/mol. The van der Waals surface area contributed by atoms with Gasteiger partial charge in [0.05, 0.1) is 16.3 Å². The number of benzene rings is 3. The highest BCUT2D eigenvalue weighted by Crippen LogP contribution is 2.39. The molecule has 0 heterocycles. The predicted molar refractivity (Wildman–Crippen MR) is 105 cm³/mol. The van der Waals surface area contributed by atoms with Gasteiger partial charge in [-0.3, -0.25) is 14.9 Å². The van der Waals surface area contributed by atoms with Crippen molar-refractivity contribution < 1.29 is 9.72 Å². The van der Waals surface area contributed by atoms with E-state index in [1.165, 1.54) is 13.0 Å². The van der Waals surface area contributed by atoms with E-state index in [0.717, 1.165) is 22.3 Å². The maximum Gasteiger partial charge on any atom is 0.270 e. The lowest BCUT2D eigenvalue weighted by Crippen LogP contribution is -2.05. The van der Waals surface area contributed by atoms with Gasteiger partial charge < -0.3 is 5.32 Å². The zero-order valence-corrected chi connectivity index (χ0v) is 14.5. The quantitative estimate of drug-likeness (QED) is 0.426. The lowest BCUT2D eigenvalue weighted by atomic mass is 10.1. The van der Waals surface area contributed by atoms with Gasteiger partial charge in [0.2, 0.25) is 5.91 Å². The number of non-ortho nitro benzene ring substituents is 1. The molecule has 0 aromatic heterocycles. The third-order valence-electron chi connectivity index (χ3n) is 4.37. The SMILES string of the molecule is CC(=O)Nc1ccc(N=C2c3ccccc3-c3ccc([N+](=O)[O-])cc32)cc1. The minimum atomic E-state index is -0.400. The van der Waals surface area contributed by atoms with Crippen molar-refractivity contribution in [1.29, 1.82) is 0 Å². The maximum atomic E-state index is 11.2. The number of anilines is 1. The number of nitrogens with one attached hydrogen (secondary N) is 1. The first-order valence-corrected chi connectivity index (χ1v) is 8.38. The third kappa shape index (κ3) is 3.08. The Hall–Kier alpha value is -3.80. The van der Waals surface area contributed by atoms with Gasteiger partial charge in [0.25, 0.3) is 5.69 Å². The number of nitrogens with zero attached hydrogens (tertiary/aromatic N) is 2. The third-order valence-corrected chi connectivity index (χ3v) is 4.37. The standard InChI is InChI=1S/C21H15N3O3/c1-13(25)22-14-6-8-15(9-7-14)23-21-19-5-3-2-4-17(19)18-11-10-16(24(26)27)12-20(18)21/h2-12H,1H3,(H,22,25). The molecular weight excluding hydrogens is 342 g/mol. The number of rotatable bonds is 3. The summed E-state index contributed by atoms with van der Waals surface area (Å²) in [5.74, 6) is -0.139. The van der Waals surface area contributed by atoms with Crippen molar-refractivity contribution in [2.75, 3.05) is 5.32 Å². The Morgan fingerprint density at radius 2 is 1.59 bits per heavy atom. The van der Waals surface area contributed by atoms with Crippen LogP contribution < -0.4 is 5.32 Å². The fourth-order valence-corrected chi connectivity index (χ4v) is 3.22. The van der Waals surface area contributed by atoms with Crippen LogP contribution in [0.4, 0.5) is 17.1 Å². The molecule has 0 bridgehead atoms. The van der Waals surface area contributed by atoms with Crippen molar-refractivity contribution in [1.82, 2.24) is 0 Å². The van der Waals surface area contributed by atoms with E-state index < -0.39 is 4.92 Å². The number of hydrogen-bond donors (Lipinski definition) is 1. The molecule has 0 atom stereocenters. The van der Waals surface area contributed by atoms with E-state index in [1.807, 2.05) is 24.3 Å². The number of amides is 1. The highest BCUT2D eigenvalue weighted by atomic mass is 16.6. The van der Waals surface area contributed by atoms with E-state index >= 15 is 0 Å². The summed E-state index contributed by atoms with van der Waals surface area (Å²) in [6.07, 6.45) is 0. The average Bonchev–Trinajstić information content (AvgIpc) is 2.96. The summed E-state index contributed by atoms with van der Waals surface area (Å²) >= 11 is 0. The van der Waals surface area contributed by atoms with Gasteiger partial charge in [-0.1, -0.05) is 24.3 Å². The molecule has 6 nitrogen and oxygen atoms in total. The van der Waals surface area contributed by atoms with E-state index in [2.05, 4.69) is 5.32 Å². The summed E-state index contributed by atoms with van der Waals surface area (Å²) in [5, 5.41) is 13.9. The van der Waals surface area contributed by atoms with E-state index in [-0.39, 0.29) is 11.6 Å². The number of aliphatic imine (C=N–C) groups is 1. The molecule has 1 aliphatic rings. The molecule has 1 N–H and O–H groups in total. The minimum absolute atomic E-state index is 0.0373. The first kappa shape index (κ1) is 16.7. The van der Waals surface area contributed by atoms with Gasteiger partial charge in [0, 0.05) is 35.9 Å². The van der Waals surface area contributed by atoms with Gasteiger partial charge in [-0.15, -0.1) is 0 Å². The van der Waals surface area contributed by atoms with Crippen molar-refractivity contribution in [2.24, 2.45) is 4.99 Å². The molecule has 1 aliphatic carbocycles. The van der Waals surface area contributed by atoms with Crippen LogP contribution in [0, 0.1) is 10.1 Å². The number of nitro benzene ring substituents is 1. The molecule has 27 heavy (non-hydrogen) atoms. The topological polar surface area (TPSA) is 84.6 Å². The highest BCUT2D eigenvalue weighted by Gasteiger charge is 2.26. The Bertz CT molecular complexity index is 1100. The highest BCUT2D eigenvalue weighted by molar-refractivity contribution is 6.25. The number of nitro groups is 1. The van der Waals surface area contributed by atoms with Gasteiger partial charge in [0.1, 0.15) is 0 Å². The van der Waals surface area contributed by atoms with Crippen LogP contribution in [0.25, 0.3) is 11.1 Å². The van der Waals surface area contributed by atoms with Crippen molar-refractivity contribution in [3.8, 4) is 11.1 Å². The molecule has 0 radical (unpaired) electrons. The summed E-state index contributed by atoms with van der Waals surface area (Å²) < 4.78 is 0. The normalized spacial score (nSPS) is 13.1. The first-order chi connectivity index (χ1) is 13.0. The Morgan fingerprint density at radius 1 is 0.926 bits per heavy atom. The second kappa shape index (κ2) is 6.49.